The quantitative estimate of drug-likeness (QED) is 0.644. The number of hydrogen-bond donors (Lipinski definition) is 1. The third kappa shape index (κ3) is 4.23. The molecule has 1 N–H and O–H groups in total. The summed E-state index contributed by atoms with van der Waals surface area (Å²) >= 11 is 6.11. The molecule has 144 valence electrons. The van der Waals surface area contributed by atoms with E-state index in [1.54, 1.807) is 18.3 Å². The van der Waals surface area contributed by atoms with Gasteiger partial charge >= 0.3 is 0 Å². The average molecular weight is 397 g/mol. The number of nitrogens with one attached hydrogen (secondary N) is 1. The monoisotopic (exact) mass is 396 g/mol. The Hall–Kier alpha value is -3.12. The highest BCUT2D eigenvalue weighted by Gasteiger charge is 2.15. The maximum atomic E-state index is 12.6. The number of amides is 1. The molecule has 2 aromatic carbocycles. The molecule has 0 fully saturated rings. The molecule has 1 amide bonds. The zero-order valence-electron chi connectivity index (χ0n) is 15.9. The molecule has 0 atom stereocenters. The van der Waals surface area contributed by atoms with E-state index in [4.69, 9.17) is 16.3 Å². The number of aromatic nitrogens is 2. The summed E-state index contributed by atoms with van der Waals surface area (Å²) in [5.74, 6) is 0.779. The average Bonchev–Trinajstić information content (AvgIpc) is 2.72. The van der Waals surface area contributed by atoms with Crippen molar-refractivity contribution in [2.45, 2.75) is 13.8 Å². The maximum Gasteiger partial charge on any atom is 0.275 e. The fraction of sp³-hybridized carbons (Fsp3) is 0.190. The molecule has 0 aliphatic heterocycles. The summed E-state index contributed by atoms with van der Waals surface area (Å²) in [7, 11) is 1.52. The van der Waals surface area contributed by atoms with Crippen LogP contribution in [-0.4, -0.2) is 29.5 Å². The topological polar surface area (TPSA) is 67.4 Å². The minimum absolute atomic E-state index is 0.211. The van der Waals surface area contributed by atoms with E-state index in [1.165, 1.54) is 13.3 Å². The van der Waals surface area contributed by atoms with Crippen molar-refractivity contribution in [3.8, 4) is 5.75 Å². The summed E-state index contributed by atoms with van der Waals surface area (Å²) in [4.78, 5) is 23.3. The Labute approximate surface area is 169 Å². The minimum atomic E-state index is -0.373. The molecule has 0 spiro atoms. The maximum absolute atomic E-state index is 12.6. The second-order valence-electron chi connectivity index (χ2n) is 6.10. The van der Waals surface area contributed by atoms with Crippen LogP contribution in [0.4, 0.5) is 17.2 Å². The third-order valence-corrected chi connectivity index (χ3v) is 4.67. The van der Waals surface area contributed by atoms with Crippen molar-refractivity contribution < 1.29 is 9.53 Å². The molecule has 28 heavy (non-hydrogen) atoms. The number of para-hydroxylation sites is 1. The van der Waals surface area contributed by atoms with Gasteiger partial charge in [-0.1, -0.05) is 29.8 Å². The first-order chi connectivity index (χ1) is 13.5. The van der Waals surface area contributed by atoms with Gasteiger partial charge in [0.25, 0.3) is 5.91 Å². The second kappa shape index (κ2) is 8.71. The Morgan fingerprint density at radius 1 is 1.18 bits per heavy atom. The predicted molar refractivity (Wildman–Crippen MR) is 112 cm³/mol. The highest BCUT2D eigenvalue weighted by molar-refractivity contribution is 6.31. The number of methoxy groups -OCH3 is 1. The van der Waals surface area contributed by atoms with Crippen molar-refractivity contribution >= 4 is 34.7 Å². The van der Waals surface area contributed by atoms with Crippen LogP contribution in [0.2, 0.25) is 5.02 Å². The summed E-state index contributed by atoms with van der Waals surface area (Å²) in [5.41, 5.74) is 2.58. The number of carbonyl (C=O) groups excluding carboxylic acids is 1. The number of anilines is 3. The largest absolute Gasteiger partial charge is 0.495 e. The van der Waals surface area contributed by atoms with E-state index in [2.05, 4.69) is 15.3 Å². The molecule has 7 heteroatoms. The van der Waals surface area contributed by atoms with Gasteiger partial charge in [-0.25, -0.2) is 9.97 Å². The number of nitrogens with zero attached hydrogens (tertiary/aromatic N) is 3. The molecule has 0 unspecified atom stereocenters. The van der Waals surface area contributed by atoms with Gasteiger partial charge in [-0.2, -0.15) is 0 Å². The van der Waals surface area contributed by atoms with Crippen LogP contribution in [0.5, 0.6) is 5.75 Å². The lowest BCUT2D eigenvalue weighted by atomic mass is 10.2. The number of benzene rings is 2. The first-order valence-corrected chi connectivity index (χ1v) is 9.21. The molecule has 0 aliphatic rings. The lowest BCUT2D eigenvalue weighted by Crippen LogP contribution is -2.19. The molecule has 0 bridgehead atoms. The van der Waals surface area contributed by atoms with Crippen LogP contribution in [0.3, 0.4) is 0 Å². The van der Waals surface area contributed by atoms with Crippen LogP contribution in [0.1, 0.15) is 23.0 Å². The van der Waals surface area contributed by atoms with Gasteiger partial charge in [0.2, 0.25) is 0 Å². The van der Waals surface area contributed by atoms with Crippen LogP contribution in [-0.2, 0) is 0 Å². The molecule has 3 rings (SSSR count). The van der Waals surface area contributed by atoms with Gasteiger partial charge in [0.05, 0.1) is 25.2 Å². The number of aryl methyl sites for hydroxylation is 1. The molecule has 1 aromatic heterocycles. The van der Waals surface area contributed by atoms with E-state index in [9.17, 15) is 4.79 Å². The second-order valence-corrected chi connectivity index (χ2v) is 6.50. The van der Waals surface area contributed by atoms with Gasteiger partial charge in [-0.15, -0.1) is 0 Å². The molecule has 0 saturated heterocycles. The normalized spacial score (nSPS) is 10.4. The number of ether oxygens (including phenoxy) is 1. The first-order valence-electron chi connectivity index (χ1n) is 8.83. The number of carbonyl (C=O) groups is 1. The van der Waals surface area contributed by atoms with Crippen LogP contribution in [0, 0.1) is 6.92 Å². The van der Waals surface area contributed by atoms with E-state index >= 15 is 0 Å². The highest BCUT2D eigenvalue weighted by atomic mass is 35.5. The lowest BCUT2D eigenvalue weighted by Gasteiger charge is -2.21. The molecular formula is C21H21ClN4O2. The van der Waals surface area contributed by atoms with E-state index < -0.39 is 0 Å². The number of rotatable bonds is 6. The van der Waals surface area contributed by atoms with E-state index in [0.717, 1.165) is 17.8 Å². The fourth-order valence-electron chi connectivity index (χ4n) is 2.78. The predicted octanol–water partition coefficient (Wildman–Crippen LogP) is 4.86. The molecule has 3 aromatic rings. The summed E-state index contributed by atoms with van der Waals surface area (Å²) in [6.45, 7) is 4.62. The third-order valence-electron chi connectivity index (χ3n) is 4.26. The van der Waals surface area contributed by atoms with E-state index in [-0.39, 0.29) is 11.6 Å². The Balaban J connectivity index is 1.80. The number of halogens is 1. The zero-order valence-corrected chi connectivity index (χ0v) is 16.7. The van der Waals surface area contributed by atoms with Gasteiger partial charge in [0.1, 0.15) is 11.4 Å². The summed E-state index contributed by atoms with van der Waals surface area (Å²) in [5, 5.41) is 3.37. The molecule has 6 nitrogen and oxygen atoms in total. The van der Waals surface area contributed by atoms with Crippen LogP contribution >= 0.6 is 11.6 Å². The van der Waals surface area contributed by atoms with Crippen LogP contribution < -0.4 is 15.0 Å². The standard InChI is InChI=1S/C21H21ClN4O2/c1-4-26(15-8-6-5-7-9-15)20-13-23-18(12-24-20)21(27)25-17-10-14(2)16(22)11-19(17)28-3/h5-13H,4H2,1-3H3,(H,25,27). The smallest absolute Gasteiger partial charge is 0.275 e. The summed E-state index contributed by atoms with van der Waals surface area (Å²) < 4.78 is 5.29. The van der Waals surface area contributed by atoms with Gasteiger partial charge in [0.15, 0.2) is 5.82 Å². The Morgan fingerprint density at radius 2 is 1.93 bits per heavy atom. The zero-order chi connectivity index (χ0) is 20.1. The van der Waals surface area contributed by atoms with Crippen molar-refractivity contribution in [2.24, 2.45) is 0 Å². The van der Waals surface area contributed by atoms with Crippen LogP contribution in [0.15, 0.2) is 54.9 Å². The van der Waals surface area contributed by atoms with Crippen molar-refractivity contribution in [3.05, 3.63) is 71.1 Å². The van der Waals surface area contributed by atoms with E-state index in [0.29, 0.717) is 22.3 Å². The Bertz CT molecular complexity index is 962. The Morgan fingerprint density at radius 3 is 2.54 bits per heavy atom. The van der Waals surface area contributed by atoms with Gasteiger partial charge < -0.3 is 15.0 Å². The van der Waals surface area contributed by atoms with Gasteiger partial charge in [-0.3, -0.25) is 4.79 Å². The highest BCUT2D eigenvalue weighted by Crippen LogP contribution is 2.31. The molecule has 0 saturated carbocycles. The molecule has 1 heterocycles. The fourth-order valence-corrected chi connectivity index (χ4v) is 2.93. The molecule has 0 aliphatic carbocycles. The Kier molecular flexibility index (Phi) is 6.11. The SMILES string of the molecule is CCN(c1ccccc1)c1cnc(C(=O)Nc2cc(C)c(Cl)cc2OC)cn1. The van der Waals surface area contributed by atoms with Crippen molar-refractivity contribution in [1.82, 2.24) is 9.97 Å². The first kappa shape index (κ1) is 19.6. The van der Waals surface area contributed by atoms with Gasteiger partial charge in [-0.05, 0) is 37.6 Å². The summed E-state index contributed by atoms with van der Waals surface area (Å²) in [6.07, 6.45) is 3.06. The number of hydrogen-bond acceptors (Lipinski definition) is 5. The summed E-state index contributed by atoms with van der Waals surface area (Å²) in [6, 6.07) is 13.3. The van der Waals surface area contributed by atoms with Crippen molar-refractivity contribution in [1.29, 1.82) is 0 Å². The lowest BCUT2D eigenvalue weighted by molar-refractivity contribution is 0.102. The van der Waals surface area contributed by atoms with Crippen molar-refractivity contribution in [2.75, 3.05) is 23.9 Å². The van der Waals surface area contributed by atoms with Crippen LogP contribution in [0.25, 0.3) is 0 Å². The van der Waals surface area contributed by atoms with E-state index in [1.807, 2.05) is 49.1 Å². The molecular weight excluding hydrogens is 376 g/mol. The minimum Gasteiger partial charge on any atom is -0.495 e. The molecule has 0 radical (unpaired) electrons. The van der Waals surface area contributed by atoms with Crippen molar-refractivity contribution in [3.63, 3.8) is 0 Å². The van der Waals surface area contributed by atoms with Gasteiger partial charge in [0, 0.05) is 23.3 Å².